The monoisotopic (exact) mass is 405 g/mol. The van der Waals surface area contributed by atoms with E-state index in [1.165, 1.54) is 33.4 Å². The van der Waals surface area contributed by atoms with Crippen molar-refractivity contribution in [1.82, 2.24) is 0 Å². The molecule has 0 amide bonds. The number of hydrogen-bond donors (Lipinski definition) is 0. The number of hydrogen-bond acceptors (Lipinski definition) is 0. The Kier molecular flexibility index (Phi) is 5.68. The molecule has 2 heteroatoms. The molecule has 3 rings (SSSR count). The van der Waals surface area contributed by atoms with Gasteiger partial charge >= 0.3 is 0 Å². The summed E-state index contributed by atoms with van der Waals surface area (Å²) in [5.41, 5.74) is 8.69. The number of allylic oxidation sites excluding steroid dienone is 1. The molecule has 2 aromatic carbocycles. The first-order chi connectivity index (χ1) is 12.9. The van der Waals surface area contributed by atoms with Gasteiger partial charge in [0, 0.05) is 6.42 Å². The van der Waals surface area contributed by atoms with Crippen molar-refractivity contribution in [1.29, 1.82) is 0 Å². The quantitative estimate of drug-likeness (QED) is 0.473. The zero-order chi connectivity index (χ0) is 20.9. The summed E-state index contributed by atoms with van der Waals surface area (Å²) in [6.45, 7) is 21.8. The molecule has 0 atom stereocenters. The third kappa shape index (κ3) is 4.13. The van der Waals surface area contributed by atoms with E-state index in [1.807, 2.05) is 0 Å². The molecule has 0 bridgehead atoms. The molecule has 0 aromatic heterocycles. The van der Waals surface area contributed by atoms with Crippen LogP contribution >= 0.6 is 0 Å². The van der Waals surface area contributed by atoms with Gasteiger partial charge in [0.05, 0.1) is 16.1 Å². The highest BCUT2D eigenvalue weighted by Gasteiger charge is 2.26. The zero-order valence-electron chi connectivity index (χ0n) is 19.3. The summed E-state index contributed by atoms with van der Waals surface area (Å²) in [5.74, 6) is 0.519. The predicted molar refractivity (Wildman–Crippen MR) is 134 cm³/mol. The highest BCUT2D eigenvalue weighted by atomic mass is 28.3. The molecule has 0 nitrogen and oxygen atoms in total. The van der Waals surface area contributed by atoms with Crippen LogP contribution in [0.4, 0.5) is 0 Å². The van der Waals surface area contributed by atoms with Crippen LogP contribution in [0.1, 0.15) is 49.8 Å². The summed E-state index contributed by atoms with van der Waals surface area (Å²) >= 11 is 0. The van der Waals surface area contributed by atoms with E-state index in [2.05, 4.69) is 103 Å². The fourth-order valence-corrected chi connectivity index (χ4v) is 6.50. The molecular weight excluding hydrogens is 368 g/mol. The zero-order valence-corrected chi connectivity index (χ0v) is 21.3. The maximum Gasteiger partial charge on any atom is 0.0776 e. The topological polar surface area (TPSA) is 0 Å². The van der Waals surface area contributed by atoms with Crippen LogP contribution in [0.5, 0.6) is 0 Å². The molecule has 1 aliphatic carbocycles. The molecule has 0 spiro atoms. The van der Waals surface area contributed by atoms with Crippen molar-refractivity contribution in [2.24, 2.45) is 0 Å². The van der Waals surface area contributed by atoms with Gasteiger partial charge in [0.1, 0.15) is 0 Å². The number of rotatable bonds is 5. The van der Waals surface area contributed by atoms with Gasteiger partial charge in [-0.25, -0.2) is 0 Å². The normalized spacial score (nSPS) is 14.4. The lowest BCUT2D eigenvalue weighted by Gasteiger charge is -2.26. The van der Waals surface area contributed by atoms with E-state index in [1.54, 1.807) is 10.4 Å². The summed E-state index contributed by atoms with van der Waals surface area (Å²) < 4.78 is 0. The molecule has 2 aromatic rings. The van der Waals surface area contributed by atoms with Crippen LogP contribution < -0.4 is 10.4 Å². The van der Waals surface area contributed by atoms with Crippen molar-refractivity contribution in [3.8, 4) is 11.1 Å². The standard InChI is InChI=1S/C26H37Si2/c1-10-19-13-20-11-12-24(18(2)3)26(25(20)14-19)21-15-22(27(4,5)6)17-23(16-21)28(7,8)9/h11-18H,10H2,1-9H3. The van der Waals surface area contributed by atoms with Crippen molar-refractivity contribution in [3.63, 3.8) is 0 Å². The van der Waals surface area contributed by atoms with Gasteiger partial charge in [-0.15, -0.1) is 0 Å². The number of fused-ring (bicyclic) bond motifs is 1. The summed E-state index contributed by atoms with van der Waals surface area (Å²) in [5, 5.41) is 3.19. The Labute approximate surface area is 175 Å². The lowest BCUT2D eigenvalue weighted by atomic mass is 9.87. The van der Waals surface area contributed by atoms with Gasteiger partial charge in [0.15, 0.2) is 0 Å². The van der Waals surface area contributed by atoms with E-state index >= 15 is 0 Å². The molecule has 0 saturated carbocycles. The van der Waals surface area contributed by atoms with Gasteiger partial charge in [0.25, 0.3) is 0 Å². The summed E-state index contributed by atoms with van der Waals surface area (Å²) in [6, 6.07) is 12.3. The molecule has 0 fully saturated rings. The van der Waals surface area contributed by atoms with E-state index in [0.29, 0.717) is 5.92 Å². The first-order valence-corrected chi connectivity index (χ1v) is 17.8. The van der Waals surface area contributed by atoms with E-state index in [4.69, 9.17) is 0 Å². The number of benzene rings is 2. The largest absolute Gasteiger partial charge is 0.0776 e. The first kappa shape index (κ1) is 21.3. The predicted octanol–water partition coefficient (Wildman–Crippen LogP) is 6.93. The van der Waals surface area contributed by atoms with E-state index in [9.17, 15) is 0 Å². The lowest BCUT2D eigenvalue weighted by Crippen LogP contribution is -2.45. The molecule has 0 heterocycles. The Morgan fingerprint density at radius 3 is 1.86 bits per heavy atom. The third-order valence-corrected chi connectivity index (χ3v) is 10.0. The minimum atomic E-state index is -1.40. The minimum Gasteiger partial charge on any atom is -0.0656 e. The van der Waals surface area contributed by atoms with Gasteiger partial charge in [0.2, 0.25) is 0 Å². The molecule has 149 valence electrons. The fraction of sp³-hybridized carbons (Fsp3) is 0.423. The SMILES string of the molecule is CCC1=Cc2c(ccc(C(C)C)c2-c2cc([Si](C)(C)C)cc([Si](C)(C)C)c2)[CH]1. The van der Waals surface area contributed by atoms with Crippen LogP contribution in [-0.4, -0.2) is 16.1 Å². The van der Waals surface area contributed by atoms with Crippen LogP contribution in [0.2, 0.25) is 39.3 Å². The smallest absolute Gasteiger partial charge is 0.0656 e. The Hall–Kier alpha value is -1.39. The van der Waals surface area contributed by atoms with Crippen molar-refractivity contribution < 1.29 is 0 Å². The molecular formula is C26H37Si2. The first-order valence-electron chi connectivity index (χ1n) is 10.8. The molecule has 0 aliphatic heterocycles. The second-order valence-corrected chi connectivity index (χ2v) is 20.9. The second kappa shape index (κ2) is 7.46. The molecule has 1 radical (unpaired) electrons. The Morgan fingerprint density at radius 2 is 1.39 bits per heavy atom. The fourth-order valence-electron chi connectivity index (χ4n) is 4.01. The van der Waals surface area contributed by atoms with Gasteiger partial charge in [-0.05, 0) is 40.2 Å². The second-order valence-electron chi connectivity index (χ2n) is 10.7. The van der Waals surface area contributed by atoms with Gasteiger partial charge in [-0.3, -0.25) is 0 Å². The maximum absolute atomic E-state index is 2.54. The van der Waals surface area contributed by atoms with Crippen LogP contribution in [0.15, 0.2) is 35.9 Å². The Bertz CT molecular complexity index is 886. The van der Waals surface area contributed by atoms with Gasteiger partial charge in [-0.2, -0.15) is 0 Å². The summed E-state index contributed by atoms with van der Waals surface area (Å²) in [7, 11) is -2.80. The summed E-state index contributed by atoms with van der Waals surface area (Å²) in [4.78, 5) is 0. The van der Waals surface area contributed by atoms with Crippen LogP contribution in [0, 0.1) is 6.42 Å². The average molecular weight is 406 g/mol. The van der Waals surface area contributed by atoms with Crippen LogP contribution in [-0.2, 0) is 0 Å². The third-order valence-electron chi connectivity index (χ3n) is 5.97. The molecule has 1 aliphatic rings. The minimum absolute atomic E-state index is 0.519. The van der Waals surface area contributed by atoms with E-state index < -0.39 is 16.1 Å². The molecule has 0 unspecified atom stereocenters. The maximum atomic E-state index is 2.54. The van der Waals surface area contributed by atoms with Crippen molar-refractivity contribution in [2.45, 2.75) is 72.4 Å². The molecule has 28 heavy (non-hydrogen) atoms. The van der Waals surface area contributed by atoms with E-state index in [-0.39, 0.29) is 0 Å². The Balaban J connectivity index is 2.35. The highest BCUT2D eigenvalue weighted by Crippen LogP contribution is 2.40. The van der Waals surface area contributed by atoms with Crippen molar-refractivity contribution >= 4 is 32.6 Å². The molecule has 0 saturated heterocycles. The highest BCUT2D eigenvalue weighted by molar-refractivity contribution is 6.91. The Morgan fingerprint density at radius 1 is 0.821 bits per heavy atom. The van der Waals surface area contributed by atoms with Crippen molar-refractivity contribution in [3.05, 3.63) is 59.0 Å². The van der Waals surface area contributed by atoms with E-state index in [0.717, 1.165) is 6.42 Å². The van der Waals surface area contributed by atoms with Crippen LogP contribution in [0.3, 0.4) is 0 Å². The molecule has 0 N–H and O–H groups in total. The lowest BCUT2D eigenvalue weighted by molar-refractivity contribution is 0.868. The van der Waals surface area contributed by atoms with Crippen LogP contribution in [0.25, 0.3) is 17.2 Å². The van der Waals surface area contributed by atoms with Crippen molar-refractivity contribution in [2.75, 3.05) is 0 Å². The average Bonchev–Trinajstić information content (AvgIpc) is 3.02. The van der Waals surface area contributed by atoms with Gasteiger partial charge < -0.3 is 0 Å². The summed E-state index contributed by atoms with van der Waals surface area (Å²) in [6.07, 6.45) is 5.91. The van der Waals surface area contributed by atoms with Gasteiger partial charge in [-0.1, -0.05) is 112 Å².